The summed E-state index contributed by atoms with van der Waals surface area (Å²) >= 11 is 0. The zero-order valence-corrected chi connectivity index (χ0v) is 12.1. The lowest BCUT2D eigenvalue weighted by Crippen LogP contribution is -2.21. The number of hydrogen-bond donors (Lipinski definition) is 1. The molecule has 4 heteroatoms. The second-order valence-corrected chi connectivity index (χ2v) is 5.39. The molecule has 1 heterocycles. The molecular weight excluding hydrogens is 267 g/mol. The molecule has 1 aliphatic carbocycles. The first kappa shape index (κ1) is 14.0. The Morgan fingerprint density at radius 3 is 3.05 bits per heavy atom. The summed E-state index contributed by atoms with van der Waals surface area (Å²) in [6.07, 6.45) is 6.28. The first-order chi connectivity index (χ1) is 10.3. The van der Waals surface area contributed by atoms with Crippen molar-refractivity contribution in [1.82, 2.24) is 10.3 Å². The Kier molecular flexibility index (Phi) is 4.15. The van der Waals surface area contributed by atoms with Crippen LogP contribution >= 0.6 is 0 Å². The maximum atomic E-state index is 13.1. The van der Waals surface area contributed by atoms with E-state index >= 15 is 0 Å². The Morgan fingerprint density at radius 2 is 2.24 bits per heavy atom. The number of pyridine rings is 1. The molecule has 0 aliphatic heterocycles. The zero-order valence-electron chi connectivity index (χ0n) is 12.1. The third-order valence-electron chi connectivity index (χ3n) is 3.94. The number of rotatable bonds is 4. The van der Waals surface area contributed by atoms with Crippen LogP contribution in [-0.2, 0) is 13.0 Å². The summed E-state index contributed by atoms with van der Waals surface area (Å²) < 4.78 is 18.8. The molecule has 0 radical (unpaired) electrons. The van der Waals surface area contributed by atoms with E-state index in [0.29, 0.717) is 12.6 Å². The molecule has 1 aromatic heterocycles. The van der Waals surface area contributed by atoms with Crippen LogP contribution < -0.4 is 10.1 Å². The summed E-state index contributed by atoms with van der Waals surface area (Å²) in [4.78, 5) is 3.82. The highest BCUT2D eigenvalue weighted by molar-refractivity contribution is 5.39. The van der Waals surface area contributed by atoms with Gasteiger partial charge >= 0.3 is 0 Å². The van der Waals surface area contributed by atoms with Gasteiger partial charge in [-0.05, 0) is 55.6 Å². The van der Waals surface area contributed by atoms with Crippen molar-refractivity contribution in [2.75, 3.05) is 7.05 Å². The Balaban J connectivity index is 1.72. The third-order valence-corrected chi connectivity index (χ3v) is 3.94. The summed E-state index contributed by atoms with van der Waals surface area (Å²) in [7, 11) is 2.00. The van der Waals surface area contributed by atoms with Gasteiger partial charge in [0.05, 0.1) is 6.20 Å². The van der Waals surface area contributed by atoms with E-state index in [-0.39, 0.29) is 5.82 Å². The van der Waals surface area contributed by atoms with Crippen molar-refractivity contribution >= 4 is 0 Å². The van der Waals surface area contributed by atoms with Crippen LogP contribution in [0.5, 0.6) is 5.75 Å². The minimum Gasteiger partial charge on any atom is -0.489 e. The number of halogens is 1. The number of nitrogens with one attached hydrogen (secondary N) is 1. The van der Waals surface area contributed by atoms with Crippen molar-refractivity contribution in [3.63, 3.8) is 0 Å². The highest BCUT2D eigenvalue weighted by Gasteiger charge is 2.18. The van der Waals surface area contributed by atoms with Crippen LogP contribution in [0.1, 0.15) is 35.6 Å². The van der Waals surface area contributed by atoms with E-state index in [1.54, 1.807) is 6.20 Å². The normalized spacial score (nSPS) is 17.3. The van der Waals surface area contributed by atoms with Gasteiger partial charge in [0.25, 0.3) is 0 Å². The fraction of sp³-hybridized carbons (Fsp3) is 0.353. The molecule has 110 valence electrons. The van der Waals surface area contributed by atoms with Crippen molar-refractivity contribution in [3.05, 3.63) is 59.2 Å². The maximum Gasteiger partial charge on any atom is 0.141 e. The number of nitrogens with zero attached hydrogens (tertiary/aromatic N) is 1. The topological polar surface area (TPSA) is 34.1 Å². The molecule has 21 heavy (non-hydrogen) atoms. The third kappa shape index (κ3) is 3.22. The molecule has 2 aromatic rings. The largest absolute Gasteiger partial charge is 0.489 e. The first-order valence-corrected chi connectivity index (χ1v) is 7.28. The lowest BCUT2D eigenvalue weighted by atomic mass is 9.87. The molecule has 1 N–H and O–H groups in total. The molecule has 3 nitrogen and oxygen atoms in total. The van der Waals surface area contributed by atoms with Crippen LogP contribution in [0.2, 0.25) is 0 Å². The molecule has 0 saturated heterocycles. The van der Waals surface area contributed by atoms with Gasteiger partial charge < -0.3 is 10.1 Å². The predicted molar refractivity (Wildman–Crippen MR) is 79.7 cm³/mol. The molecule has 0 amide bonds. The van der Waals surface area contributed by atoms with E-state index < -0.39 is 0 Å². The van der Waals surface area contributed by atoms with Gasteiger partial charge in [-0.1, -0.05) is 6.07 Å². The number of hydrogen-bond acceptors (Lipinski definition) is 3. The number of ether oxygens (including phenoxy) is 1. The highest BCUT2D eigenvalue weighted by Crippen LogP contribution is 2.32. The summed E-state index contributed by atoms with van der Waals surface area (Å²) in [6.45, 7) is 0.332. The second kappa shape index (κ2) is 6.22. The fourth-order valence-electron chi connectivity index (χ4n) is 2.88. The van der Waals surface area contributed by atoms with Crippen molar-refractivity contribution in [1.29, 1.82) is 0 Å². The standard InChI is InChI=1S/C17H19FN2O/c1-19-17-4-2-3-13-8-15(5-6-16(13)17)21-11-12-7-14(18)10-20-9-12/h5-10,17,19H,2-4,11H2,1H3. The Morgan fingerprint density at radius 1 is 1.33 bits per heavy atom. The first-order valence-electron chi connectivity index (χ1n) is 7.28. The lowest BCUT2D eigenvalue weighted by Gasteiger charge is -2.25. The molecule has 1 aromatic carbocycles. The highest BCUT2D eigenvalue weighted by atomic mass is 19.1. The van der Waals surface area contributed by atoms with Gasteiger partial charge in [0.15, 0.2) is 0 Å². The fourth-order valence-corrected chi connectivity index (χ4v) is 2.88. The van der Waals surface area contributed by atoms with Gasteiger partial charge in [-0.3, -0.25) is 4.98 Å². The SMILES string of the molecule is CNC1CCCc2cc(OCc3cncc(F)c3)ccc21. The summed E-state index contributed by atoms with van der Waals surface area (Å²) in [5.74, 6) is 0.494. The van der Waals surface area contributed by atoms with E-state index in [2.05, 4.69) is 22.4 Å². The smallest absolute Gasteiger partial charge is 0.141 e. The van der Waals surface area contributed by atoms with Gasteiger partial charge in [-0.15, -0.1) is 0 Å². The molecule has 0 saturated carbocycles. The van der Waals surface area contributed by atoms with E-state index in [9.17, 15) is 4.39 Å². The van der Waals surface area contributed by atoms with Crippen LogP contribution in [0.3, 0.4) is 0 Å². The molecule has 1 atom stereocenters. The van der Waals surface area contributed by atoms with E-state index in [4.69, 9.17) is 4.74 Å². The zero-order chi connectivity index (χ0) is 14.7. The molecule has 0 fully saturated rings. The van der Waals surface area contributed by atoms with Crippen molar-refractivity contribution in [3.8, 4) is 5.75 Å². The van der Waals surface area contributed by atoms with Gasteiger partial charge in [0.2, 0.25) is 0 Å². The average Bonchev–Trinajstić information content (AvgIpc) is 2.52. The van der Waals surface area contributed by atoms with Gasteiger partial charge in [0, 0.05) is 17.8 Å². The quantitative estimate of drug-likeness (QED) is 0.935. The van der Waals surface area contributed by atoms with Gasteiger partial charge in [-0.25, -0.2) is 4.39 Å². The molecular formula is C17H19FN2O. The summed E-state index contributed by atoms with van der Waals surface area (Å²) in [5, 5.41) is 3.35. The average molecular weight is 286 g/mol. The number of aromatic nitrogens is 1. The molecule has 0 spiro atoms. The Labute approximate surface area is 124 Å². The van der Waals surface area contributed by atoms with Crippen molar-refractivity contribution in [2.45, 2.75) is 31.9 Å². The van der Waals surface area contributed by atoms with Crippen molar-refractivity contribution in [2.24, 2.45) is 0 Å². The van der Waals surface area contributed by atoms with Crippen LogP contribution in [0.25, 0.3) is 0 Å². The molecule has 3 rings (SSSR count). The monoisotopic (exact) mass is 286 g/mol. The summed E-state index contributed by atoms with van der Waals surface area (Å²) in [6, 6.07) is 8.11. The minimum absolute atomic E-state index is 0.332. The van der Waals surface area contributed by atoms with Crippen LogP contribution in [0, 0.1) is 5.82 Å². The maximum absolute atomic E-state index is 13.1. The minimum atomic E-state index is -0.335. The van der Waals surface area contributed by atoms with Gasteiger partial charge in [0.1, 0.15) is 18.2 Å². The van der Waals surface area contributed by atoms with Crippen LogP contribution in [-0.4, -0.2) is 12.0 Å². The number of fused-ring (bicyclic) bond motifs is 1. The number of benzene rings is 1. The number of aryl methyl sites for hydroxylation is 1. The molecule has 0 bridgehead atoms. The van der Waals surface area contributed by atoms with E-state index in [0.717, 1.165) is 17.7 Å². The predicted octanol–water partition coefficient (Wildman–Crippen LogP) is 3.40. The Hall–Kier alpha value is -1.94. The van der Waals surface area contributed by atoms with E-state index in [1.807, 2.05) is 13.1 Å². The van der Waals surface area contributed by atoms with Crippen molar-refractivity contribution < 1.29 is 9.13 Å². The van der Waals surface area contributed by atoms with E-state index in [1.165, 1.54) is 36.2 Å². The summed E-state index contributed by atoms with van der Waals surface area (Å²) in [5.41, 5.74) is 3.44. The second-order valence-electron chi connectivity index (χ2n) is 5.39. The lowest BCUT2D eigenvalue weighted by molar-refractivity contribution is 0.304. The van der Waals surface area contributed by atoms with Gasteiger partial charge in [-0.2, -0.15) is 0 Å². The molecule has 1 unspecified atom stereocenters. The molecule has 1 aliphatic rings. The van der Waals surface area contributed by atoms with Crippen LogP contribution in [0.4, 0.5) is 4.39 Å². The van der Waals surface area contributed by atoms with Crippen LogP contribution in [0.15, 0.2) is 36.7 Å². The Bertz CT molecular complexity index is 630.